The Hall–Kier alpha value is -3.02. The van der Waals surface area contributed by atoms with Gasteiger partial charge in [0.15, 0.2) is 0 Å². The van der Waals surface area contributed by atoms with Gasteiger partial charge in [0.2, 0.25) is 0 Å². The van der Waals surface area contributed by atoms with Crippen molar-refractivity contribution in [3.8, 4) is 11.5 Å². The number of carbonyl (C=O) groups is 2. The maximum absolute atomic E-state index is 12.0. The SMILES string of the molecule is CCOC(=O)c1ccc(OC)cc1NC(=O)Oc1ccccc1. The molecule has 0 aliphatic carbocycles. The van der Waals surface area contributed by atoms with Crippen LogP contribution in [-0.2, 0) is 4.74 Å². The number of esters is 1. The molecule has 6 heteroatoms. The third-order valence-electron chi connectivity index (χ3n) is 2.91. The van der Waals surface area contributed by atoms with Crippen LogP contribution in [0.15, 0.2) is 48.5 Å². The van der Waals surface area contributed by atoms with Crippen molar-refractivity contribution in [3.05, 3.63) is 54.1 Å². The number of hydrogen-bond acceptors (Lipinski definition) is 5. The molecule has 0 spiro atoms. The molecule has 0 aliphatic rings. The smallest absolute Gasteiger partial charge is 0.417 e. The van der Waals surface area contributed by atoms with Gasteiger partial charge in [-0.15, -0.1) is 0 Å². The van der Waals surface area contributed by atoms with Crippen LogP contribution in [-0.4, -0.2) is 25.8 Å². The minimum absolute atomic E-state index is 0.220. The molecule has 0 atom stereocenters. The third kappa shape index (κ3) is 4.47. The Morgan fingerprint density at radius 2 is 1.78 bits per heavy atom. The first kappa shape index (κ1) is 16.4. The lowest BCUT2D eigenvalue weighted by Gasteiger charge is -2.12. The minimum atomic E-state index is -0.713. The van der Waals surface area contributed by atoms with Crippen LogP contribution in [0.3, 0.4) is 0 Å². The molecule has 0 unspecified atom stereocenters. The quantitative estimate of drug-likeness (QED) is 0.855. The molecule has 1 amide bonds. The highest BCUT2D eigenvalue weighted by molar-refractivity contribution is 6.00. The summed E-state index contributed by atoms with van der Waals surface area (Å²) in [5.41, 5.74) is 0.474. The van der Waals surface area contributed by atoms with Crippen molar-refractivity contribution in [3.63, 3.8) is 0 Å². The van der Waals surface area contributed by atoms with Gasteiger partial charge in [0, 0.05) is 6.07 Å². The summed E-state index contributed by atoms with van der Waals surface area (Å²) in [7, 11) is 1.49. The molecule has 0 fully saturated rings. The standard InChI is InChI=1S/C17H17NO5/c1-3-22-16(19)14-10-9-13(21-2)11-15(14)18-17(20)23-12-7-5-4-6-8-12/h4-11H,3H2,1-2H3,(H,18,20). The van der Waals surface area contributed by atoms with Gasteiger partial charge in [-0.2, -0.15) is 0 Å². The van der Waals surface area contributed by atoms with Gasteiger partial charge in [0.05, 0.1) is 25.0 Å². The number of benzene rings is 2. The van der Waals surface area contributed by atoms with Crippen LogP contribution in [0.4, 0.5) is 10.5 Å². The zero-order chi connectivity index (χ0) is 16.7. The van der Waals surface area contributed by atoms with Gasteiger partial charge in [-0.3, -0.25) is 5.32 Å². The Bertz CT molecular complexity index is 685. The van der Waals surface area contributed by atoms with Gasteiger partial charge in [-0.25, -0.2) is 9.59 Å². The van der Waals surface area contributed by atoms with E-state index in [9.17, 15) is 9.59 Å². The second-order valence-corrected chi connectivity index (χ2v) is 4.46. The second kappa shape index (κ2) is 7.84. The van der Waals surface area contributed by atoms with Crippen LogP contribution in [0, 0.1) is 0 Å². The first-order valence-electron chi connectivity index (χ1n) is 7.03. The maximum atomic E-state index is 12.0. The number of ether oxygens (including phenoxy) is 3. The van der Waals surface area contributed by atoms with Crippen LogP contribution in [0.2, 0.25) is 0 Å². The molecule has 120 valence electrons. The highest BCUT2D eigenvalue weighted by atomic mass is 16.6. The highest BCUT2D eigenvalue weighted by Gasteiger charge is 2.16. The van der Waals surface area contributed by atoms with E-state index in [2.05, 4.69) is 5.32 Å². The van der Waals surface area contributed by atoms with Crippen molar-refractivity contribution in [2.75, 3.05) is 19.0 Å². The molecule has 0 bridgehead atoms. The molecular formula is C17H17NO5. The third-order valence-corrected chi connectivity index (χ3v) is 2.91. The fraction of sp³-hybridized carbons (Fsp3) is 0.176. The summed E-state index contributed by atoms with van der Waals surface area (Å²) in [6.07, 6.45) is -0.713. The molecule has 6 nitrogen and oxygen atoms in total. The van der Waals surface area contributed by atoms with E-state index < -0.39 is 12.1 Å². The molecule has 2 rings (SSSR count). The van der Waals surface area contributed by atoms with Gasteiger partial charge in [-0.1, -0.05) is 18.2 Å². The predicted molar refractivity (Wildman–Crippen MR) is 85.0 cm³/mol. The zero-order valence-corrected chi connectivity index (χ0v) is 12.9. The lowest BCUT2D eigenvalue weighted by Crippen LogP contribution is -2.19. The molecule has 0 saturated heterocycles. The van der Waals surface area contributed by atoms with Crippen molar-refractivity contribution < 1.29 is 23.8 Å². The first-order valence-corrected chi connectivity index (χ1v) is 7.03. The molecule has 2 aromatic carbocycles. The molecule has 23 heavy (non-hydrogen) atoms. The van der Waals surface area contributed by atoms with Gasteiger partial charge in [-0.05, 0) is 31.2 Å². The lowest BCUT2D eigenvalue weighted by atomic mass is 10.1. The van der Waals surface area contributed by atoms with Crippen LogP contribution >= 0.6 is 0 Å². The molecule has 0 aromatic heterocycles. The van der Waals surface area contributed by atoms with Crippen molar-refractivity contribution in [2.45, 2.75) is 6.92 Å². The van der Waals surface area contributed by atoms with Crippen LogP contribution in [0.1, 0.15) is 17.3 Å². The van der Waals surface area contributed by atoms with E-state index in [-0.39, 0.29) is 17.9 Å². The monoisotopic (exact) mass is 315 g/mol. The number of amides is 1. The largest absolute Gasteiger partial charge is 0.497 e. The Kier molecular flexibility index (Phi) is 5.57. The van der Waals surface area contributed by atoms with Gasteiger partial charge in [0.25, 0.3) is 0 Å². The fourth-order valence-corrected chi connectivity index (χ4v) is 1.87. The van der Waals surface area contributed by atoms with Crippen LogP contribution < -0.4 is 14.8 Å². The van der Waals surface area contributed by atoms with Gasteiger partial charge < -0.3 is 14.2 Å². The van der Waals surface area contributed by atoms with Gasteiger partial charge in [0.1, 0.15) is 11.5 Å². The minimum Gasteiger partial charge on any atom is -0.497 e. The second-order valence-electron chi connectivity index (χ2n) is 4.46. The summed E-state index contributed by atoms with van der Waals surface area (Å²) in [4.78, 5) is 23.9. The number of carbonyl (C=O) groups excluding carboxylic acids is 2. The maximum Gasteiger partial charge on any atom is 0.417 e. The van der Waals surface area contributed by atoms with Gasteiger partial charge >= 0.3 is 12.1 Å². The molecule has 0 radical (unpaired) electrons. The topological polar surface area (TPSA) is 73.9 Å². The van der Waals surface area contributed by atoms with Crippen molar-refractivity contribution in [1.29, 1.82) is 0 Å². The Morgan fingerprint density at radius 1 is 1.04 bits per heavy atom. The summed E-state index contributed by atoms with van der Waals surface area (Å²) in [6, 6.07) is 13.3. The number of hydrogen-bond donors (Lipinski definition) is 1. The van der Waals surface area contributed by atoms with E-state index in [1.807, 2.05) is 6.07 Å². The Labute approximate surface area is 134 Å². The van der Waals surface area contributed by atoms with E-state index in [1.54, 1.807) is 37.3 Å². The van der Waals surface area contributed by atoms with E-state index in [1.165, 1.54) is 19.2 Å². The number of anilines is 1. The fourth-order valence-electron chi connectivity index (χ4n) is 1.87. The summed E-state index contributed by atoms with van der Waals surface area (Å²) in [5, 5.41) is 2.53. The average molecular weight is 315 g/mol. The Balaban J connectivity index is 2.19. The van der Waals surface area contributed by atoms with E-state index in [0.29, 0.717) is 11.5 Å². The summed E-state index contributed by atoms with van der Waals surface area (Å²) in [6.45, 7) is 1.94. The van der Waals surface area contributed by atoms with Crippen molar-refractivity contribution >= 4 is 17.7 Å². The van der Waals surface area contributed by atoms with E-state index in [4.69, 9.17) is 14.2 Å². The first-order chi connectivity index (χ1) is 11.1. The summed E-state index contributed by atoms with van der Waals surface area (Å²) < 4.78 is 15.2. The number of rotatable bonds is 5. The zero-order valence-electron chi connectivity index (χ0n) is 12.9. The Morgan fingerprint density at radius 3 is 2.43 bits per heavy atom. The summed E-state index contributed by atoms with van der Waals surface area (Å²) in [5.74, 6) is 0.351. The summed E-state index contributed by atoms with van der Waals surface area (Å²) >= 11 is 0. The molecule has 0 aliphatic heterocycles. The van der Waals surface area contributed by atoms with E-state index in [0.717, 1.165) is 0 Å². The van der Waals surface area contributed by atoms with Crippen LogP contribution in [0.5, 0.6) is 11.5 Å². The van der Waals surface area contributed by atoms with Crippen LogP contribution in [0.25, 0.3) is 0 Å². The molecule has 2 aromatic rings. The van der Waals surface area contributed by atoms with E-state index >= 15 is 0 Å². The number of methoxy groups -OCH3 is 1. The molecular weight excluding hydrogens is 298 g/mol. The van der Waals surface area contributed by atoms with Crippen molar-refractivity contribution in [1.82, 2.24) is 0 Å². The molecule has 0 heterocycles. The normalized spacial score (nSPS) is 9.83. The lowest BCUT2D eigenvalue weighted by molar-refractivity contribution is 0.0527. The van der Waals surface area contributed by atoms with Crippen molar-refractivity contribution in [2.24, 2.45) is 0 Å². The number of nitrogens with one attached hydrogen (secondary N) is 1. The molecule has 1 N–H and O–H groups in total. The predicted octanol–water partition coefficient (Wildman–Crippen LogP) is 3.48. The molecule has 0 saturated carbocycles. The average Bonchev–Trinajstić information content (AvgIpc) is 2.55. The highest BCUT2D eigenvalue weighted by Crippen LogP contribution is 2.24. The number of para-hydroxylation sites is 1.